The Kier molecular flexibility index (Phi) is 14.2. The van der Waals surface area contributed by atoms with Crippen LogP contribution in [0.5, 0.6) is 17.2 Å². The first-order valence-electron chi connectivity index (χ1n) is 18.5. The lowest BCUT2D eigenvalue weighted by molar-refractivity contribution is -0.123. The molecule has 5 rings (SSSR count). The Morgan fingerprint density at radius 3 is 1.73 bits per heavy atom. The number of aromatic hydroxyl groups is 1. The molecule has 0 heterocycles. The Morgan fingerprint density at radius 2 is 1.19 bits per heavy atom. The van der Waals surface area contributed by atoms with Gasteiger partial charge in [0.15, 0.2) is 11.5 Å². The number of benzene rings is 5. The second-order valence-corrected chi connectivity index (χ2v) is 13.6. The van der Waals surface area contributed by atoms with Crippen LogP contribution >= 0.6 is 0 Å². The molecule has 1 atom stereocenters. The Labute approximate surface area is 353 Å². The summed E-state index contributed by atoms with van der Waals surface area (Å²) in [5.74, 6) is -5.91. The molecule has 5 aromatic rings. The highest BCUT2D eigenvalue weighted by Gasteiger charge is 2.25. The molecule has 0 saturated heterocycles. The number of nitriles is 1. The summed E-state index contributed by atoms with van der Waals surface area (Å²) in [5, 5.41) is 42.3. The largest absolute Gasteiger partial charge is 0.504 e. The maximum absolute atomic E-state index is 13.3. The highest BCUT2D eigenvalue weighted by Crippen LogP contribution is 2.39. The minimum atomic E-state index is -1.40. The number of phenolic OH excluding ortho intramolecular Hbond substituents is 1. The first-order chi connectivity index (χ1) is 29.6. The third kappa shape index (κ3) is 11.3. The van der Waals surface area contributed by atoms with Gasteiger partial charge in [0.25, 0.3) is 23.6 Å². The van der Waals surface area contributed by atoms with Gasteiger partial charge in [0.2, 0.25) is 11.8 Å². The number of carbonyl (C=O) groups excluding carboxylic acids is 6. The van der Waals surface area contributed by atoms with Crippen LogP contribution < -0.4 is 41.8 Å². The van der Waals surface area contributed by atoms with Crippen molar-refractivity contribution in [1.82, 2.24) is 5.32 Å². The molecule has 0 radical (unpaired) electrons. The van der Waals surface area contributed by atoms with Crippen LogP contribution in [-0.2, 0) is 9.59 Å². The number of anilines is 4. The number of nitrogens with zero attached hydrogens (tertiary/aromatic N) is 1. The molecule has 18 nitrogen and oxygen atoms in total. The molecule has 316 valence electrons. The molecule has 18 heteroatoms. The molecular formula is C44H39N7O11. The lowest BCUT2D eigenvalue weighted by Crippen LogP contribution is -2.46. The summed E-state index contributed by atoms with van der Waals surface area (Å²) < 4.78 is 10.9. The molecule has 62 heavy (non-hydrogen) atoms. The zero-order chi connectivity index (χ0) is 45.1. The molecule has 0 saturated carbocycles. The van der Waals surface area contributed by atoms with Gasteiger partial charge >= 0.3 is 5.97 Å². The van der Waals surface area contributed by atoms with Gasteiger partial charge in [-0.1, -0.05) is 0 Å². The molecule has 0 aliphatic heterocycles. The van der Waals surface area contributed by atoms with E-state index in [-0.39, 0.29) is 61.9 Å². The van der Waals surface area contributed by atoms with Crippen molar-refractivity contribution in [3.8, 4) is 23.3 Å². The number of rotatable bonds is 16. The molecule has 0 unspecified atom stereocenters. The summed E-state index contributed by atoms with van der Waals surface area (Å²) in [6, 6.07) is 24.2. The van der Waals surface area contributed by atoms with Crippen molar-refractivity contribution >= 4 is 64.2 Å². The number of primary amides is 1. The standard InChI is InChI=1S/C44H39N7O11/c1-23(2)62-38-33(19-18-32(37(38)53)42(57)48-30-16-10-26(11-17-30)44(59)60)50-39(54)24-8-14-31(15-9-24)49-43(58)34(21-36(46)52)51-40(55)25-6-12-29(13-7-25)47-41(56)27-4-5-28(22-45)35(20-27)61-3/h4-20,23,34,53H,21H2,1-3H3,(H2,46,52)(H,47,56)(H,48,57)(H,49,58)(H,50,54)(H,51,55)(H,59,60)/t34-/m0/s1. The second kappa shape index (κ2) is 19.8. The average Bonchev–Trinajstić information content (AvgIpc) is 3.24. The van der Waals surface area contributed by atoms with E-state index in [0.717, 1.165) is 0 Å². The molecule has 0 spiro atoms. The number of carboxylic acids is 1. The van der Waals surface area contributed by atoms with Crippen LogP contribution in [0, 0.1) is 11.3 Å². The Morgan fingerprint density at radius 1 is 0.677 bits per heavy atom. The van der Waals surface area contributed by atoms with Crippen LogP contribution in [-0.4, -0.2) is 70.9 Å². The predicted octanol–water partition coefficient (Wildman–Crippen LogP) is 5.13. The number of nitrogens with one attached hydrogen (secondary N) is 5. The van der Waals surface area contributed by atoms with Crippen molar-refractivity contribution < 1.29 is 53.2 Å². The van der Waals surface area contributed by atoms with E-state index >= 15 is 0 Å². The fourth-order valence-electron chi connectivity index (χ4n) is 5.72. The summed E-state index contributed by atoms with van der Waals surface area (Å²) in [5.41, 5.74) is 6.75. The molecule has 0 aromatic heterocycles. The number of methoxy groups -OCH3 is 1. The molecule has 0 aliphatic carbocycles. The van der Waals surface area contributed by atoms with Crippen LogP contribution in [0.2, 0.25) is 0 Å². The third-order valence-corrected chi connectivity index (χ3v) is 8.80. The maximum atomic E-state index is 13.3. The lowest BCUT2D eigenvalue weighted by Gasteiger charge is -2.19. The van der Waals surface area contributed by atoms with Crippen molar-refractivity contribution in [3.63, 3.8) is 0 Å². The summed E-state index contributed by atoms with van der Waals surface area (Å²) in [6.07, 6.45) is -1.04. The highest BCUT2D eigenvalue weighted by molar-refractivity contribution is 6.10. The molecular weight excluding hydrogens is 803 g/mol. The van der Waals surface area contributed by atoms with E-state index in [1.807, 2.05) is 6.07 Å². The lowest BCUT2D eigenvalue weighted by atomic mass is 10.1. The second-order valence-electron chi connectivity index (χ2n) is 13.6. The van der Waals surface area contributed by atoms with Gasteiger partial charge in [-0.3, -0.25) is 28.8 Å². The highest BCUT2D eigenvalue weighted by atomic mass is 16.5. The zero-order valence-electron chi connectivity index (χ0n) is 33.3. The van der Waals surface area contributed by atoms with E-state index in [0.29, 0.717) is 5.69 Å². The molecule has 9 N–H and O–H groups in total. The smallest absolute Gasteiger partial charge is 0.335 e. The number of nitrogens with two attached hydrogens (primary N) is 1. The predicted molar refractivity (Wildman–Crippen MR) is 225 cm³/mol. The van der Waals surface area contributed by atoms with Crippen LogP contribution in [0.25, 0.3) is 0 Å². The van der Waals surface area contributed by atoms with Gasteiger partial charge in [0.1, 0.15) is 17.9 Å². The monoisotopic (exact) mass is 841 g/mol. The first-order valence-corrected chi connectivity index (χ1v) is 18.5. The number of phenols is 1. The van der Waals surface area contributed by atoms with E-state index in [2.05, 4.69) is 26.6 Å². The molecule has 5 aromatic carbocycles. The van der Waals surface area contributed by atoms with Crippen molar-refractivity contribution in [1.29, 1.82) is 5.26 Å². The van der Waals surface area contributed by atoms with E-state index in [1.165, 1.54) is 110 Å². The van der Waals surface area contributed by atoms with Gasteiger partial charge in [-0.2, -0.15) is 5.26 Å². The van der Waals surface area contributed by atoms with Crippen molar-refractivity contribution in [2.24, 2.45) is 5.73 Å². The zero-order valence-corrected chi connectivity index (χ0v) is 33.3. The van der Waals surface area contributed by atoms with Gasteiger partial charge in [0.05, 0.1) is 42.0 Å². The number of carboxylic acid groups (broad SMARTS) is 1. The van der Waals surface area contributed by atoms with Gasteiger partial charge in [-0.15, -0.1) is 0 Å². The fraction of sp³-hybridized carbons (Fsp3) is 0.136. The average molecular weight is 842 g/mol. The van der Waals surface area contributed by atoms with Gasteiger partial charge in [-0.05, 0) is 117 Å². The maximum Gasteiger partial charge on any atom is 0.335 e. The Hall–Kier alpha value is -8.72. The number of carbonyl (C=O) groups is 7. The van der Waals surface area contributed by atoms with Gasteiger partial charge < -0.3 is 52.0 Å². The fourth-order valence-corrected chi connectivity index (χ4v) is 5.72. The summed E-state index contributed by atoms with van der Waals surface area (Å²) in [7, 11) is 1.38. The quantitative estimate of drug-likeness (QED) is 0.0642. The van der Waals surface area contributed by atoms with Gasteiger partial charge in [-0.25, -0.2) is 4.79 Å². The SMILES string of the molecule is COc1cc(C(=O)Nc2ccc(C(=O)N[C@@H](CC(N)=O)C(=O)Nc3ccc(C(=O)Nc4ccc(C(=O)Nc5ccc(C(=O)O)cc5)c(O)c4OC(C)C)cc3)cc2)ccc1C#N. The number of amides is 6. The minimum absolute atomic E-state index is 0.0179. The van der Waals surface area contributed by atoms with Crippen LogP contribution in [0.15, 0.2) is 103 Å². The van der Waals surface area contributed by atoms with Crippen LogP contribution in [0.3, 0.4) is 0 Å². The Balaban J connectivity index is 1.21. The minimum Gasteiger partial charge on any atom is -0.504 e. The summed E-state index contributed by atoms with van der Waals surface area (Å²) in [4.78, 5) is 88.6. The van der Waals surface area contributed by atoms with Crippen molar-refractivity contribution in [3.05, 3.63) is 137 Å². The molecule has 0 fully saturated rings. The Bertz CT molecular complexity index is 2590. The van der Waals surface area contributed by atoms with E-state index in [1.54, 1.807) is 13.8 Å². The summed E-state index contributed by atoms with van der Waals surface area (Å²) >= 11 is 0. The third-order valence-electron chi connectivity index (χ3n) is 8.80. The van der Waals surface area contributed by atoms with Crippen molar-refractivity contribution in [2.75, 3.05) is 28.4 Å². The van der Waals surface area contributed by atoms with E-state index < -0.39 is 65.7 Å². The van der Waals surface area contributed by atoms with E-state index in [9.17, 15) is 43.9 Å². The number of hydrogen-bond donors (Lipinski definition) is 8. The number of aromatic carboxylic acids is 1. The molecule has 0 bridgehead atoms. The van der Waals surface area contributed by atoms with Gasteiger partial charge in [0, 0.05) is 33.8 Å². The first kappa shape index (κ1) is 44.4. The van der Waals surface area contributed by atoms with Crippen LogP contribution in [0.4, 0.5) is 22.7 Å². The number of hydrogen-bond acceptors (Lipinski definition) is 11. The normalized spacial score (nSPS) is 11.0. The van der Waals surface area contributed by atoms with Crippen molar-refractivity contribution in [2.45, 2.75) is 32.4 Å². The molecule has 6 amide bonds. The molecule has 0 aliphatic rings. The van der Waals surface area contributed by atoms with E-state index in [4.69, 9.17) is 20.3 Å². The topological polar surface area (TPSA) is 288 Å². The number of ether oxygens (including phenoxy) is 2. The van der Waals surface area contributed by atoms with Crippen LogP contribution in [0.1, 0.15) is 77.6 Å². The summed E-state index contributed by atoms with van der Waals surface area (Å²) in [6.45, 7) is 3.35.